The molecule has 0 bridgehead atoms. The van der Waals surface area contributed by atoms with E-state index in [-0.39, 0.29) is 5.91 Å². The van der Waals surface area contributed by atoms with Crippen molar-refractivity contribution in [3.8, 4) is 11.5 Å². The van der Waals surface area contributed by atoms with E-state index in [0.717, 1.165) is 42.3 Å². The summed E-state index contributed by atoms with van der Waals surface area (Å²) in [5, 5.41) is 1.60. The Balaban J connectivity index is 1.56. The third-order valence-corrected chi connectivity index (χ3v) is 5.64. The molecule has 4 rings (SSSR count). The van der Waals surface area contributed by atoms with Gasteiger partial charge in [0, 0.05) is 24.0 Å². The number of fused-ring (bicyclic) bond motifs is 1. The van der Waals surface area contributed by atoms with Crippen LogP contribution in [0.1, 0.15) is 28.8 Å². The molecule has 0 aliphatic carbocycles. The fourth-order valence-electron chi connectivity index (χ4n) is 3.94. The molecule has 1 aliphatic rings. The summed E-state index contributed by atoms with van der Waals surface area (Å²) in [5.41, 5.74) is 5.65. The Morgan fingerprint density at radius 3 is 2.58 bits per heavy atom. The minimum Gasteiger partial charge on any atom is -0.457 e. The summed E-state index contributed by atoms with van der Waals surface area (Å²) in [6, 6.07) is 15.4. The number of piperidine rings is 1. The van der Waals surface area contributed by atoms with Crippen LogP contribution in [0.2, 0.25) is 0 Å². The van der Waals surface area contributed by atoms with E-state index in [1.807, 2.05) is 23.1 Å². The zero-order chi connectivity index (χ0) is 22.0. The summed E-state index contributed by atoms with van der Waals surface area (Å²) in [6.45, 7) is 1.97. The highest BCUT2D eigenvalue weighted by Gasteiger charge is 2.30. The average molecular weight is 428 g/mol. The molecule has 1 amide bonds. The Bertz CT molecular complexity index is 1080. The number of carbonyl (C=O) groups excluding carboxylic acids is 1. The van der Waals surface area contributed by atoms with Crippen LogP contribution in [0.15, 0.2) is 60.7 Å². The van der Waals surface area contributed by atoms with E-state index in [1.165, 1.54) is 12.1 Å². The van der Waals surface area contributed by atoms with E-state index >= 15 is 0 Å². The van der Waals surface area contributed by atoms with Gasteiger partial charge in [0.1, 0.15) is 11.5 Å². The maximum atomic E-state index is 13.0. The van der Waals surface area contributed by atoms with Crippen LogP contribution in [0.25, 0.3) is 10.8 Å². The molecule has 162 valence electrons. The molecule has 3 aromatic rings. The quantitative estimate of drug-likeness (QED) is 0.600. The molecule has 0 saturated carbocycles. The number of nitrogens with zero attached hydrogens (tertiary/aromatic N) is 1. The highest BCUT2D eigenvalue weighted by Crippen LogP contribution is 2.34. The third kappa shape index (κ3) is 4.66. The first-order valence-corrected chi connectivity index (χ1v) is 10.2. The molecule has 0 aromatic heterocycles. The first-order chi connectivity index (χ1) is 14.8. The van der Waals surface area contributed by atoms with Gasteiger partial charge in [-0.3, -0.25) is 4.79 Å². The molecule has 7 heteroatoms. The molecule has 2 N–H and O–H groups in total. The van der Waals surface area contributed by atoms with Gasteiger partial charge in [0.15, 0.2) is 0 Å². The van der Waals surface area contributed by atoms with Crippen LogP contribution in [0, 0.1) is 5.92 Å². The standard InChI is InChI=1S/C24H23F3N2O2/c25-24(26,27)19-7-9-20(10-8-19)31-22-5-1-4-17-13-18(6-11-21(17)22)23(30)29-12-2-3-16(14-28)15-29/h1,4-11,13,16H,2-3,12,14-15,28H2. The molecule has 1 unspecified atom stereocenters. The first-order valence-electron chi connectivity index (χ1n) is 10.2. The summed E-state index contributed by atoms with van der Waals surface area (Å²) >= 11 is 0. The van der Waals surface area contributed by atoms with Crippen molar-refractivity contribution in [3.63, 3.8) is 0 Å². The Labute approximate surface area is 178 Å². The average Bonchev–Trinajstić information content (AvgIpc) is 2.78. The van der Waals surface area contributed by atoms with Gasteiger partial charge in [0.25, 0.3) is 5.91 Å². The second kappa shape index (κ2) is 8.59. The maximum Gasteiger partial charge on any atom is 0.416 e. The minimum absolute atomic E-state index is 0.0193. The Hall–Kier alpha value is -3.06. The van der Waals surface area contributed by atoms with Gasteiger partial charge in [0.2, 0.25) is 0 Å². The van der Waals surface area contributed by atoms with Crippen molar-refractivity contribution in [1.29, 1.82) is 0 Å². The van der Waals surface area contributed by atoms with Crippen LogP contribution < -0.4 is 10.5 Å². The molecule has 1 aliphatic heterocycles. The molecule has 1 saturated heterocycles. The minimum atomic E-state index is -4.39. The lowest BCUT2D eigenvalue weighted by Gasteiger charge is -2.32. The zero-order valence-electron chi connectivity index (χ0n) is 16.9. The highest BCUT2D eigenvalue weighted by molar-refractivity contribution is 6.00. The number of nitrogens with two attached hydrogens (primary N) is 1. The van der Waals surface area contributed by atoms with Crippen molar-refractivity contribution >= 4 is 16.7 Å². The highest BCUT2D eigenvalue weighted by atomic mass is 19.4. The second-order valence-corrected chi connectivity index (χ2v) is 7.81. The van der Waals surface area contributed by atoms with Gasteiger partial charge in [-0.1, -0.05) is 12.1 Å². The molecule has 1 heterocycles. The van der Waals surface area contributed by atoms with Crippen molar-refractivity contribution in [1.82, 2.24) is 4.90 Å². The smallest absolute Gasteiger partial charge is 0.416 e. The van der Waals surface area contributed by atoms with E-state index in [4.69, 9.17) is 10.5 Å². The number of benzene rings is 3. The number of hydrogen-bond donors (Lipinski definition) is 1. The van der Waals surface area contributed by atoms with Gasteiger partial charge >= 0.3 is 6.18 Å². The van der Waals surface area contributed by atoms with Crippen molar-refractivity contribution in [3.05, 3.63) is 71.8 Å². The molecule has 31 heavy (non-hydrogen) atoms. The molecule has 3 aromatic carbocycles. The number of ether oxygens (including phenoxy) is 1. The number of amides is 1. The van der Waals surface area contributed by atoms with E-state index in [9.17, 15) is 18.0 Å². The number of carbonyl (C=O) groups is 1. The first kappa shape index (κ1) is 21.2. The predicted octanol–water partition coefficient (Wildman–Crippen LogP) is 5.46. The molecular weight excluding hydrogens is 405 g/mol. The molecule has 0 radical (unpaired) electrons. The predicted molar refractivity (Wildman–Crippen MR) is 113 cm³/mol. The van der Waals surface area contributed by atoms with Gasteiger partial charge in [-0.2, -0.15) is 13.2 Å². The summed E-state index contributed by atoms with van der Waals surface area (Å²) in [5.74, 6) is 1.13. The monoisotopic (exact) mass is 428 g/mol. The maximum absolute atomic E-state index is 13.0. The number of hydrogen-bond acceptors (Lipinski definition) is 3. The fourth-order valence-corrected chi connectivity index (χ4v) is 3.94. The summed E-state index contributed by atoms with van der Waals surface area (Å²) < 4.78 is 44.1. The SMILES string of the molecule is NCC1CCCN(C(=O)c2ccc3c(Oc4ccc(C(F)(F)F)cc4)cccc3c2)C1. The summed E-state index contributed by atoms with van der Waals surface area (Å²) in [4.78, 5) is 14.8. The van der Waals surface area contributed by atoms with Crippen molar-refractivity contribution in [2.24, 2.45) is 11.7 Å². The Morgan fingerprint density at radius 1 is 1.10 bits per heavy atom. The lowest BCUT2D eigenvalue weighted by Crippen LogP contribution is -2.42. The van der Waals surface area contributed by atoms with E-state index in [0.29, 0.717) is 36.1 Å². The van der Waals surface area contributed by atoms with Crippen LogP contribution in [-0.4, -0.2) is 30.4 Å². The number of likely N-dealkylation sites (tertiary alicyclic amines) is 1. The number of rotatable bonds is 4. The van der Waals surface area contributed by atoms with Crippen LogP contribution >= 0.6 is 0 Å². The largest absolute Gasteiger partial charge is 0.457 e. The Morgan fingerprint density at radius 2 is 1.87 bits per heavy atom. The lowest BCUT2D eigenvalue weighted by molar-refractivity contribution is -0.137. The van der Waals surface area contributed by atoms with Gasteiger partial charge in [0.05, 0.1) is 5.56 Å². The lowest BCUT2D eigenvalue weighted by atomic mass is 9.97. The van der Waals surface area contributed by atoms with Gasteiger partial charge in [-0.25, -0.2) is 0 Å². The topological polar surface area (TPSA) is 55.6 Å². The fraction of sp³-hybridized carbons (Fsp3) is 0.292. The molecule has 1 fully saturated rings. The third-order valence-electron chi connectivity index (χ3n) is 5.64. The van der Waals surface area contributed by atoms with Crippen LogP contribution in [0.3, 0.4) is 0 Å². The summed E-state index contributed by atoms with van der Waals surface area (Å²) in [7, 11) is 0. The van der Waals surface area contributed by atoms with Gasteiger partial charge in [-0.15, -0.1) is 0 Å². The number of halogens is 3. The number of alkyl halides is 3. The Kier molecular flexibility index (Phi) is 5.87. The zero-order valence-corrected chi connectivity index (χ0v) is 16.9. The molecular formula is C24H23F3N2O2. The van der Waals surface area contributed by atoms with E-state index < -0.39 is 11.7 Å². The van der Waals surface area contributed by atoms with Crippen molar-refractivity contribution in [2.75, 3.05) is 19.6 Å². The summed E-state index contributed by atoms with van der Waals surface area (Å²) in [6.07, 6.45) is -2.39. The second-order valence-electron chi connectivity index (χ2n) is 7.81. The van der Waals surface area contributed by atoms with Crippen LogP contribution in [-0.2, 0) is 6.18 Å². The molecule has 0 spiro atoms. The van der Waals surface area contributed by atoms with Crippen LogP contribution in [0.5, 0.6) is 11.5 Å². The van der Waals surface area contributed by atoms with Gasteiger partial charge in [-0.05, 0) is 79.2 Å². The van der Waals surface area contributed by atoms with Crippen LogP contribution in [0.4, 0.5) is 13.2 Å². The van der Waals surface area contributed by atoms with Gasteiger partial charge < -0.3 is 15.4 Å². The van der Waals surface area contributed by atoms with E-state index in [2.05, 4.69) is 0 Å². The van der Waals surface area contributed by atoms with Crippen molar-refractivity contribution < 1.29 is 22.7 Å². The molecule has 4 nitrogen and oxygen atoms in total. The molecule has 1 atom stereocenters. The van der Waals surface area contributed by atoms with E-state index in [1.54, 1.807) is 18.2 Å². The normalized spacial score (nSPS) is 17.0. The van der Waals surface area contributed by atoms with Crippen molar-refractivity contribution in [2.45, 2.75) is 19.0 Å².